The number of hydrogen-bond acceptors (Lipinski definition) is 4. The Hall–Kier alpha value is -1.37. The van der Waals surface area contributed by atoms with Gasteiger partial charge in [0.05, 0.1) is 0 Å². The highest BCUT2D eigenvalue weighted by atomic mass is 19.4. The number of hydrogen-bond donors (Lipinski definition) is 1. The van der Waals surface area contributed by atoms with Crippen LogP contribution in [0.25, 0.3) is 0 Å². The Labute approximate surface area is 104 Å². The van der Waals surface area contributed by atoms with Crippen LogP contribution in [0.15, 0.2) is 6.07 Å². The second kappa shape index (κ2) is 6.53. The first kappa shape index (κ1) is 14.7. The molecular weight excluding hydrogens is 247 g/mol. The van der Waals surface area contributed by atoms with Gasteiger partial charge >= 0.3 is 6.18 Å². The van der Waals surface area contributed by atoms with Crippen LogP contribution in [-0.4, -0.2) is 29.3 Å². The molecule has 0 fully saturated rings. The number of alkyl halides is 3. The minimum absolute atomic E-state index is 0.248. The molecule has 18 heavy (non-hydrogen) atoms. The highest BCUT2D eigenvalue weighted by molar-refractivity contribution is 5.35. The molecule has 1 aromatic rings. The lowest BCUT2D eigenvalue weighted by atomic mass is 10.4. The fourth-order valence-electron chi connectivity index (χ4n) is 1.30. The van der Waals surface area contributed by atoms with E-state index in [0.29, 0.717) is 11.5 Å². The van der Waals surface area contributed by atoms with Crippen molar-refractivity contribution in [3.63, 3.8) is 0 Å². The molecule has 0 aliphatic carbocycles. The summed E-state index contributed by atoms with van der Waals surface area (Å²) in [5.41, 5.74) is 0.689. The van der Waals surface area contributed by atoms with Gasteiger partial charge in [-0.05, 0) is 13.3 Å². The molecule has 4 nitrogen and oxygen atoms in total. The second-order valence-corrected chi connectivity index (χ2v) is 3.85. The van der Waals surface area contributed by atoms with Crippen LogP contribution in [0, 0.1) is 6.92 Å². The largest absolute Gasteiger partial charge is 0.411 e. The zero-order valence-electron chi connectivity index (χ0n) is 10.3. The molecule has 7 heteroatoms. The Morgan fingerprint density at radius 2 is 2.06 bits per heavy atom. The van der Waals surface area contributed by atoms with Gasteiger partial charge in [-0.25, -0.2) is 9.97 Å². The summed E-state index contributed by atoms with van der Waals surface area (Å²) in [5, 5.41) is 3.05. The van der Waals surface area contributed by atoms with Crippen LogP contribution in [0.1, 0.15) is 24.9 Å². The quantitative estimate of drug-likeness (QED) is 0.857. The van der Waals surface area contributed by atoms with Crippen molar-refractivity contribution in [2.75, 3.05) is 18.5 Å². The van der Waals surface area contributed by atoms with Crippen LogP contribution in [0.5, 0.6) is 0 Å². The Morgan fingerprint density at radius 3 is 2.67 bits per heavy atom. The molecule has 0 atom stereocenters. The average Bonchev–Trinajstić information content (AvgIpc) is 2.24. The van der Waals surface area contributed by atoms with Gasteiger partial charge in [-0.2, -0.15) is 13.2 Å². The molecule has 0 saturated heterocycles. The monoisotopic (exact) mass is 263 g/mol. The molecule has 0 bridgehead atoms. The van der Waals surface area contributed by atoms with E-state index in [2.05, 4.69) is 20.0 Å². The van der Waals surface area contributed by atoms with Crippen molar-refractivity contribution in [3.8, 4) is 0 Å². The standard InChI is InChI=1S/C11H16F3N3O/c1-3-4-15-9-5-8(2)16-10(17-9)6-18-7-11(12,13)14/h5H,3-4,6-7H2,1-2H3,(H,15,16,17). The first-order valence-electron chi connectivity index (χ1n) is 5.63. The molecule has 0 aromatic carbocycles. The summed E-state index contributed by atoms with van der Waals surface area (Å²) in [6.07, 6.45) is -3.39. The SMILES string of the molecule is CCCNc1cc(C)nc(COCC(F)(F)F)n1. The number of nitrogens with one attached hydrogen (secondary N) is 1. The van der Waals surface area contributed by atoms with Crippen LogP contribution in [0.4, 0.5) is 19.0 Å². The zero-order valence-corrected chi connectivity index (χ0v) is 10.3. The Bertz CT molecular complexity index is 382. The highest BCUT2D eigenvalue weighted by Crippen LogP contribution is 2.15. The summed E-state index contributed by atoms with van der Waals surface area (Å²) in [6, 6.07) is 1.74. The highest BCUT2D eigenvalue weighted by Gasteiger charge is 2.27. The predicted molar refractivity (Wildman–Crippen MR) is 61.3 cm³/mol. The number of aryl methyl sites for hydroxylation is 1. The van der Waals surface area contributed by atoms with E-state index in [1.165, 1.54) is 0 Å². The third-order valence-corrected chi connectivity index (χ3v) is 1.95. The Kier molecular flexibility index (Phi) is 5.33. The van der Waals surface area contributed by atoms with E-state index in [9.17, 15) is 13.2 Å². The van der Waals surface area contributed by atoms with Crippen molar-refractivity contribution in [3.05, 3.63) is 17.6 Å². The summed E-state index contributed by atoms with van der Waals surface area (Å²) in [7, 11) is 0. The molecule has 0 amide bonds. The maximum atomic E-state index is 11.9. The minimum atomic E-state index is -4.33. The smallest absolute Gasteiger partial charge is 0.370 e. The lowest BCUT2D eigenvalue weighted by Gasteiger charge is -2.09. The van der Waals surface area contributed by atoms with Gasteiger partial charge in [0.15, 0.2) is 5.82 Å². The number of nitrogens with zero attached hydrogens (tertiary/aromatic N) is 2. The summed E-state index contributed by atoms with van der Waals surface area (Å²) < 4.78 is 40.2. The Balaban J connectivity index is 2.57. The van der Waals surface area contributed by atoms with E-state index in [1.54, 1.807) is 13.0 Å². The van der Waals surface area contributed by atoms with Crippen molar-refractivity contribution in [1.29, 1.82) is 0 Å². The van der Waals surface area contributed by atoms with Crippen molar-refractivity contribution in [2.45, 2.75) is 33.1 Å². The molecule has 0 saturated carbocycles. The molecule has 102 valence electrons. The van der Waals surface area contributed by atoms with Crippen LogP contribution in [-0.2, 0) is 11.3 Å². The van der Waals surface area contributed by atoms with Crippen LogP contribution in [0.3, 0.4) is 0 Å². The first-order valence-corrected chi connectivity index (χ1v) is 5.63. The maximum Gasteiger partial charge on any atom is 0.411 e. The lowest BCUT2D eigenvalue weighted by Crippen LogP contribution is -2.17. The van der Waals surface area contributed by atoms with Gasteiger partial charge in [0.2, 0.25) is 0 Å². The molecule has 0 spiro atoms. The fraction of sp³-hybridized carbons (Fsp3) is 0.636. The van der Waals surface area contributed by atoms with E-state index in [1.807, 2.05) is 6.92 Å². The molecule has 0 aliphatic heterocycles. The number of aromatic nitrogens is 2. The first-order chi connectivity index (χ1) is 8.40. The lowest BCUT2D eigenvalue weighted by molar-refractivity contribution is -0.177. The molecular formula is C11H16F3N3O. The van der Waals surface area contributed by atoms with Gasteiger partial charge in [0.25, 0.3) is 0 Å². The molecule has 1 aromatic heterocycles. The molecule has 1 rings (SSSR count). The number of anilines is 1. The number of halogens is 3. The van der Waals surface area contributed by atoms with Crippen molar-refractivity contribution >= 4 is 5.82 Å². The van der Waals surface area contributed by atoms with Crippen LogP contribution < -0.4 is 5.32 Å². The maximum absolute atomic E-state index is 11.9. The third kappa shape index (κ3) is 5.81. The summed E-state index contributed by atoms with van der Waals surface area (Å²) in [6.45, 7) is 2.98. The molecule has 0 radical (unpaired) electrons. The van der Waals surface area contributed by atoms with Gasteiger partial charge in [0.1, 0.15) is 19.0 Å². The predicted octanol–water partition coefficient (Wildman–Crippen LogP) is 2.69. The number of ether oxygens (including phenoxy) is 1. The van der Waals surface area contributed by atoms with Gasteiger partial charge in [-0.3, -0.25) is 0 Å². The van der Waals surface area contributed by atoms with E-state index in [-0.39, 0.29) is 12.4 Å². The molecule has 0 aliphatic rings. The van der Waals surface area contributed by atoms with Crippen molar-refractivity contribution in [2.24, 2.45) is 0 Å². The topological polar surface area (TPSA) is 47.0 Å². The van der Waals surface area contributed by atoms with E-state index >= 15 is 0 Å². The van der Waals surface area contributed by atoms with Crippen LogP contribution in [0.2, 0.25) is 0 Å². The van der Waals surface area contributed by atoms with Crippen molar-refractivity contribution in [1.82, 2.24) is 9.97 Å². The van der Waals surface area contributed by atoms with E-state index < -0.39 is 12.8 Å². The Morgan fingerprint density at radius 1 is 1.33 bits per heavy atom. The second-order valence-electron chi connectivity index (χ2n) is 3.85. The van der Waals surface area contributed by atoms with E-state index in [4.69, 9.17) is 0 Å². The molecule has 1 heterocycles. The summed E-state index contributed by atoms with van der Waals surface area (Å²) >= 11 is 0. The summed E-state index contributed by atoms with van der Waals surface area (Å²) in [5.74, 6) is 0.854. The fourth-order valence-corrected chi connectivity index (χ4v) is 1.30. The number of rotatable bonds is 6. The van der Waals surface area contributed by atoms with Gasteiger partial charge in [-0.1, -0.05) is 6.92 Å². The van der Waals surface area contributed by atoms with E-state index in [0.717, 1.165) is 13.0 Å². The normalized spacial score (nSPS) is 11.6. The van der Waals surface area contributed by atoms with Gasteiger partial charge < -0.3 is 10.1 Å². The van der Waals surface area contributed by atoms with Gasteiger partial charge in [0, 0.05) is 18.3 Å². The third-order valence-electron chi connectivity index (χ3n) is 1.95. The summed E-state index contributed by atoms with van der Waals surface area (Å²) in [4.78, 5) is 8.09. The van der Waals surface area contributed by atoms with Crippen molar-refractivity contribution < 1.29 is 17.9 Å². The molecule has 1 N–H and O–H groups in total. The van der Waals surface area contributed by atoms with Crippen LogP contribution >= 0.6 is 0 Å². The molecule has 0 unspecified atom stereocenters. The minimum Gasteiger partial charge on any atom is -0.370 e. The average molecular weight is 263 g/mol. The van der Waals surface area contributed by atoms with Gasteiger partial charge in [-0.15, -0.1) is 0 Å². The zero-order chi connectivity index (χ0) is 13.6.